The molecule has 0 unspecified atom stereocenters. The van der Waals surface area contributed by atoms with Crippen LogP contribution < -0.4 is 0 Å². The Morgan fingerprint density at radius 3 is 2.25 bits per heavy atom. The molecule has 1 heterocycles. The lowest BCUT2D eigenvalue weighted by atomic mass is 9.89. The van der Waals surface area contributed by atoms with Gasteiger partial charge in [-0.1, -0.05) is 6.92 Å². The lowest BCUT2D eigenvalue weighted by Gasteiger charge is -2.39. The summed E-state index contributed by atoms with van der Waals surface area (Å²) in [6.07, 6.45) is 3.57. The molecule has 1 rings (SSSR count). The van der Waals surface area contributed by atoms with Crippen molar-refractivity contribution in [2.24, 2.45) is 0 Å². The van der Waals surface area contributed by atoms with Crippen molar-refractivity contribution in [3.05, 3.63) is 0 Å². The molecule has 12 heavy (non-hydrogen) atoms. The number of hydrogen-bond donors (Lipinski definition) is 0. The van der Waals surface area contributed by atoms with Crippen molar-refractivity contribution in [1.29, 1.82) is 0 Å². The van der Waals surface area contributed by atoms with Crippen LogP contribution in [0.25, 0.3) is 0 Å². The standard InChI is InChI=1S/C10H21NO/c1-4-10(12-5-2)6-8-11(3)9-7-10/h4-9H2,1-3H3. The van der Waals surface area contributed by atoms with E-state index < -0.39 is 0 Å². The van der Waals surface area contributed by atoms with Crippen molar-refractivity contribution >= 4 is 0 Å². The van der Waals surface area contributed by atoms with E-state index in [1.54, 1.807) is 0 Å². The molecule has 0 atom stereocenters. The normalized spacial score (nSPS) is 24.2. The summed E-state index contributed by atoms with van der Waals surface area (Å²) in [5.41, 5.74) is 0.210. The Morgan fingerprint density at radius 2 is 1.83 bits per heavy atom. The Hall–Kier alpha value is -0.0800. The maximum atomic E-state index is 5.84. The Morgan fingerprint density at radius 1 is 1.25 bits per heavy atom. The third kappa shape index (κ3) is 2.20. The third-order valence-electron chi connectivity index (χ3n) is 2.99. The summed E-state index contributed by atoms with van der Waals surface area (Å²) in [5, 5.41) is 0. The molecule has 0 amide bonds. The molecule has 0 spiro atoms. The highest BCUT2D eigenvalue weighted by Gasteiger charge is 2.31. The lowest BCUT2D eigenvalue weighted by molar-refractivity contribution is -0.0782. The molecule has 0 bridgehead atoms. The zero-order valence-electron chi connectivity index (χ0n) is 8.60. The second-order valence-corrected chi connectivity index (χ2v) is 3.77. The highest BCUT2D eigenvalue weighted by Crippen LogP contribution is 2.28. The van der Waals surface area contributed by atoms with Gasteiger partial charge in [0.15, 0.2) is 0 Å². The fourth-order valence-electron chi connectivity index (χ4n) is 1.93. The average Bonchev–Trinajstić information content (AvgIpc) is 2.10. The van der Waals surface area contributed by atoms with E-state index in [2.05, 4.69) is 25.8 Å². The van der Waals surface area contributed by atoms with Crippen LogP contribution >= 0.6 is 0 Å². The first kappa shape index (κ1) is 10.0. The fraction of sp³-hybridized carbons (Fsp3) is 1.00. The third-order valence-corrected chi connectivity index (χ3v) is 2.99. The van der Waals surface area contributed by atoms with Gasteiger partial charge in [-0.25, -0.2) is 0 Å². The lowest BCUT2D eigenvalue weighted by Crippen LogP contribution is -2.44. The SMILES string of the molecule is CCOC1(CC)CCN(C)CC1. The van der Waals surface area contributed by atoms with Crippen LogP contribution in [-0.2, 0) is 4.74 Å². The van der Waals surface area contributed by atoms with E-state index in [0.29, 0.717) is 0 Å². The molecule has 0 saturated carbocycles. The number of nitrogens with zero attached hydrogens (tertiary/aromatic N) is 1. The molecule has 2 nitrogen and oxygen atoms in total. The number of rotatable bonds is 3. The predicted octanol–water partition coefficient (Wildman–Crippen LogP) is 1.90. The van der Waals surface area contributed by atoms with Gasteiger partial charge in [0.25, 0.3) is 0 Å². The van der Waals surface area contributed by atoms with Crippen molar-refractivity contribution in [2.45, 2.75) is 38.7 Å². The minimum absolute atomic E-state index is 0.210. The summed E-state index contributed by atoms with van der Waals surface area (Å²) >= 11 is 0. The molecule has 0 aliphatic carbocycles. The van der Waals surface area contributed by atoms with Crippen LogP contribution in [0.5, 0.6) is 0 Å². The first-order valence-electron chi connectivity index (χ1n) is 5.05. The van der Waals surface area contributed by atoms with Gasteiger partial charge in [0.2, 0.25) is 0 Å². The van der Waals surface area contributed by atoms with Crippen LogP contribution in [0.2, 0.25) is 0 Å². The van der Waals surface area contributed by atoms with Gasteiger partial charge in [-0.3, -0.25) is 0 Å². The molecule has 1 fully saturated rings. The summed E-state index contributed by atoms with van der Waals surface area (Å²) in [6, 6.07) is 0. The van der Waals surface area contributed by atoms with E-state index in [-0.39, 0.29) is 5.60 Å². The molecule has 2 heteroatoms. The van der Waals surface area contributed by atoms with Crippen LogP contribution in [-0.4, -0.2) is 37.2 Å². The van der Waals surface area contributed by atoms with Gasteiger partial charge in [-0.15, -0.1) is 0 Å². The van der Waals surface area contributed by atoms with Crippen LogP contribution in [0.1, 0.15) is 33.1 Å². The second-order valence-electron chi connectivity index (χ2n) is 3.77. The molecule has 0 aromatic heterocycles. The fourth-order valence-corrected chi connectivity index (χ4v) is 1.93. The van der Waals surface area contributed by atoms with Gasteiger partial charge in [0, 0.05) is 19.7 Å². The molecular formula is C10H21NO. The zero-order chi connectivity index (χ0) is 9.03. The van der Waals surface area contributed by atoms with Gasteiger partial charge < -0.3 is 9.64 Å². The van der Waals surface area contributed by atoms with Gasteiger partial charge in [-0.2, -0.15) is 0 Å². The first-order valence-corrected chi connectivity index (χ1v) is 5.05. The molecule has 72 valence electrons. The highest BCUT2D eigenvalue weighted by molar-refractivity contribution is 4.85. The monoisotopic (exact) mass is 171 g/mol. The van der Waals surface area contributed by atoms with Crippen LogP contribution in [0.15, 0.2) is 0 Å². The molecule has 1 aliphatic heterocycles. The van der Waals surface area contributed by atoms with Crippen molar-refractivity contribution in [2.75, 3.05) is 26.7 Å². The number of hydrogen-bond acceptors (Lipinski definition) is 2. The van der Waals surface area contributed by atoms with Crippen LogP contribution in [0.3, 0.4) is 0 Å². The van der Waals surface area contributed by atoms with E-state index in [1.807, 2.05) is 0 Å². The van der Waals surface area contributed by atoms with E-state index in [9.17, 15) is 0 Å². The van der Waals surface area contributed by atoms with E-state index in [4.69, 9.17) is 4.74 Å². The Balaban J connectivity index is 2.45. The summed E-state index contributed by atoms with van der Waals surface area (Å²) in [4.78, 5) is 2.38. The Kier molecular flexibility index (Phi) is 3.53. The van der Waals surface area contributed by atoms with Crippen LogP contribution in [0, 0.1) is 0 Å². The predicted molar refractivity (Wildman–Crippen MR) is 51.4 cm³/mol. The maximum absolute atomic E-state index is 5.84. The van der Waals surface area contributed by atoms with Crippen molar-refractivity contribution in [1.82, 2.24) is 4.90 Å². The van der Waals surface area contributed by atoms with Gasteiger partial charge in [0.1, 0.15) is 0 Å². The smallest absolute Gasteiger partial charge is 0.0704 e. The molecule has 0 N–H and O–H groups in total. The van der Waals surface area contributed by atoms with E-state index >= 15 is 0 Å². The van der Waals surface area contributed by atoms with E-state index in [1.165, 1.54) is 25.9 Å². The minimum Gasteiger partial charge on any atom is -0.375 e. The Bertz CT molecular complexity index is 128. The van der Waals surface area contributed by atoms with Gasteiger partial charge >= 0.3 is 0 Å². The molecule has 0 aromatic rings. The Labute approximate surface area is 75.9 Å². The quantitative estimate of drug-likeness (QED) is 0.643. The van der Waals surface area contributed by atoms with Gasteiger partial charge in [0.05, 0.1) is 5.60 Å². The molecule has 0 aromatic carbocycles. The molecule has 1 saturated heterocycles. The second kappa shape index (κ2) is 4.24. The van der Waals surface area contributed by atoms with Crippen molar-refractivity contribution < 1.29 is 4.74 Å². The topological polar surface area (TPSA) is 12.5 Å². The molecule has 0 radical (unpaired) electrons. The summed E-state index contributed by atoms with van der Waals surface area (Å²) in [6.45, 7) is 7.57. The largest absolute Gasteiger partial charge is 0.375 e. The number of ether oxygens (including phenoxy) is 1. The molecular weight excluding hydrogens is 150 g/mol. The maximum Gasteiger partial charge on any atom is 0.0704 e. The highest BCUT2D eigenvalue weighted by atomic mass is 16.5. The van der Waals surface area contributed by atoms with Crippen molar-refractivity contribution in [3.8, 4) is 0 Å². The minimum atomic E-state index is 0.210. The number of likely N-dealkylation sites (tertiary alicyclic amines) is 1. The van der Waals surface area contributed by atoms with Crippen LogP contribution in [0.4, 0.5) is 0 Å². The number of piperidine rings is 1. The average molecular weight is 171 g/mol. The molecule has 1 aliphatic rings. The van der Waals surface area contributed by atoms with Gasteiger partial charge in [-0.05, 0) is 33.2 Å². The van der Waals surface area contributed by atoms with E-state index in [0.717, 1.165) is 13.0 Å². The van der Waals surface area contributed by atoms with Crippen molar-refractivity contribution in [3.63, 3.8) is 0 Å². The zero-order valence-corrected chi connectivity index (χ0v) is 8.60. The first-order chi connectivity index (χ1) is 5.72. The summed E-state index contributed by atoms with van der Waals surface area (Å²) in [5.74, 6) is 0. The summed E-state index contributed by atoms with van der Waals surface area (Å²) < 4.78 is 5.84. The summed E-state index contributed by atoms with van der Waals surface area (Å²) in [7, 11) is 2.19.